The Morgan fingerprint density at radius 1 is 1.03 bits per heavy atom. The van der Waals surface area contributed by atoms with Crippen LogP contribution in [0, 0.1) is 0 Å². The fourth-order valence-corrected chi connectivity index (χ4v) is 4.09. The summed E-state index contributed by atoms with van der Waals surface area (Å²) in [5.74, 6) is 0.718. The highest BCUT2D eigenvalue weighted by atomic mass is 16.6. The van der Waals surface area contributed by atoms with Crippen LogP contribution in [0.5, 0.6) is 11.5 Å². The maximum absolute atomic E-state index is 13.5. The Balaban J connectivity index is 1.52. The highest BCUT2D eigenvalue weighted by Gasteiger charge is 2.34. The van der Waals surface area contributed by atoms with Gasteiger partial charge in [-0.1, -0.05) is 30.3 Å². The van der Waals surface area contributed by atoms with Crippen molar-refractivity contribution in [1.82, 2.24) is 19.7 Å². The van der Waals surface area contributed by atoms with Crippen molar-refractivity contribution in [2.75, 3.05) is 17.2 Å². The second-order valence-corrected chi connectivity index (χ2v) is 8.16. The average Bonchev–Trinajstić information content (AvgIpc) is 3.38. The third-order valence-corrected chi connectivity index (χ3v) is 5.74. The van der Waals surface area contributed by atoms with E-state index in [2.05, 4.69) is 25.7 Å². The molecular weight excluding hydrogens is 472 g/mol. The number of rotatable bonds is 7. The first kappa shape index (κ1) is 23.7. The molecule has 3 heterocycles. The normalized spacial score (nSPS) is 14.4. The Labute approximate surface area is 213 Å². The van der Waals surface area contributed by atoms with Crippen molar-refractivity contribution >= 4 is 23.6 Å². The number of amides is 1. The second kappa shape index (κ2) is 10.3. The summed E-state index contributed by atoms with van der Waals surface area (Å²) in [6.45, 7) is 3.99. The van der Waals surface area contributed by atoms with Crippen LogP contribution in [-0.4, -0.2) is 38.2 Å². The summed E-state index contributed by atoms with van der Waals surface area (Å²) in [6.07, 6.45) is 3.02. The lowest BCUT2D eigenvalue weighted by Crippen LogP contribution is -2.31. The van der Waals surface area contributed by atoms with Crippen LogP contribution in [0.3, 0.4) is 0 Å². The van der Waals surface area contributed by atoms with E-state index in [9.17, 15) is 9.59 Å². The molecule has 1 aliphatic rings. The van der Waals surface area contributed by atoms with E-state index in [1.54, 1.807) is 78.5 Å². The molecule has 4 aromatic rings. The molecule has 0 spiro atoms. The van der Waals surface area contributed by atoms with Gasteiger partial charge in [0, 0.05) is 11.9 Å². The fourth-order valence-electron chi connectivity index (χ4n) is 4.09. The zero-order valence-electron chi connectivity index (χ0n) is 20.2. The van der Waals surface area contributed by atoms with E-state index in [4.69, 9.17) is 9.47 Å². The molecule has 2 N–H and O–H groups in total. The topological polar surface area (TPSA) is 120 Å². The molecule has 10 nitrogen and oxygen atoms in total. The van der Waals surface area contributed by atoms with Gasteiger partial charge in [-0.3, -0.25) is 4.79 Å². The van der Waals surface area contributed by atoms with E-state index in [0.29, 0.717) is 46.5 Å². The molecular formula is C27H24N6O4. The van der Waals surface area contributed by atoms with Crippen LogP contribution in [0.2, 0.25) is 0 Å². The van der Waals surface area contributed by atoms with Crippen LogP contribution in [0.4, 0.5) is 11.8 Å². The number of anilines is 2. The number of ether oxygens (including phenoxy) is 2. The number of esters is 1. The molecule has 1 aliphatic heterocycles. The van der Waals surface area contributed by atoms with Gasteiger partial charge in [-0.25, -0.2) is 14.5 Å². The highest BCUT2D eigenvalue weighted by molar-refractivity contribution is 6.05. The van der Waals surface area contributed by atoms with Crippen LogP contribution in [0.15, 0.2) is 90.5 Å². The van der Waals surface area contributed by atoms with Gasteiger partial charge in [0.15, 0.2) is 11.5 Å². The molecule has 1 amide bonds. The summed E-state index contributed by atoms with van der Waals surface area (Å²) in [5.41, 5.74) is 2.17. The van der Waals surface area contributed by atoms with Gasteiger partial charge in [-0.2, -0.15) is 10.1 Å². The van der Waals surface area contributed by atoms with Crippen LogP contribution in [-0.2, 0) is 4.79 Å². The molecule has 0 bridgehead atoms. The third-order valence-electron chi connectivity index (χ3n) is 5.74. The first-order valence-electron chi connectivity index (χ1n) is 11.7. The van der Waals surface area contributed by atoms with Crippen molar-refractivity contribution in [2.24, 2.45) is 0 Å². The third kappa shape index (κ3) is 4.90. The van der Waals surface area contributed by atoms with Crippen molar-refractivity contribution in [2.45, 2.75) is 19.9 Å². The number of carbonyl (C=O) groups excluding carboxylic acids is 2. The van der Waals surface area contributed by atoms with Gasteiger partial charge >= 0.3 is 5.97 Å². The lowest BCUT2D eigenvalue weighted by atomic mass is 9.94. The van der Waals surface area contributed by atoms with E-state index in [1.165, 1.54) is 6.33 Å². The van der Waals surface area contributed by atoms with Crippen molar-refractivity contribution in [3.05, 3.63) is 102 Å². The quantitative estimate of drug-likeness (QED) is 0.288. The molecule has 0 saturated heterocycles. The number of nitrogens with zero attached hydrogens (tertiary/aromatic N) is 4. The molecule has 0 radical (unpaired) electrons. The second-order valence-electron chi connectivity index (χ2n) is 8.16. The molecule has 0 aliphatic carbocycles. The maximum atomic E-state index is 13.5. The molecule has 37 heavy (non-hydrogen) atoms. The monoisotopic (exact) mass is 496 g/mol. The van der Waals surface area contributed by atoms with Gasteiger partial charge < -0.3 is 20.1 Å². The number of hydrogen-bond acceptors (Lipinski definition) is 8. The molecule has 10 heteroatoms. The Morgan fingerprint density at radius 3 is 2.59 bits per heavy atom. The lowest BCUT2D eigenvalue weighted by molar-refractivity contribution is -0.113. The molecule has 0 unspecified atom stereocenters. The van der Waals surface area contributed by atoms with Crippen LogP contribution < -0.4 is 20.1 Å². The number of carbonyl (C=O) groups is 2. The van der Waals surface area contributed by atoms with Gasteiger partial charge in [-0.15, -0.1) is 0 Å². The Kier molecular flexibility index (Phi) is 6.62. The Morgan fingerprint density at radius 2 is 1.84 bits per heavy atom. The van der Waals surface area contributed by atoms with Crippen LogP contribution in [0.1, 0.15) is 35.8 Å². The number of nitrogens with one attached hydrogen (secondary N) is 2. The number of pyridine rings is 1. The van der Waals surface area contributed by atoms with Crippen LogP contribution >= 0.6 is 0 Å². The molecule has 0 saturated carbocycles. The van der Waals surface area contributed by atoms with Crippen molar-refractivity contribution in [3.8, 4) is 11.5 Å². The van der Waals surface area contributed by atoms with E-state index >= 15 is 0 Å². The minimum absolute atomic E-state index is 0.271. The van der Waals surface area contributed by atoms with E-state index in [1.807, 2.05) is 13.0 Å². The van der Waals surface area contributed by atoms with Gasteiger partial charge in [0.05, 0.1) is 17.7 Å². The van der Waals surface area contributed by atoms with Gasteiger partial charge in [0.2, 0.25) is 5.95 Å². The standard InChI is InChI=1S/C27H24N6O4/c1-3-36-21-15-19(12-13-20(21)37-26(35)18-9-5-4-6-10-18)24-23(17(2)31-27-29-16-30-33(24)27)25(34)32-22-11-7-8-14-28-22/h4-16,24H,3H2,1-2H3,(H,28,32,34)(H,29,30,31)/t24-/m0/s1. The predicted octanol–water partition coefficient (Wildman–Crippen LogP) is 4.22. The average molecular weight is 497 g/mol. The van der Waals surface area contributed by atoms with Crippen molar-refractivity contribution in [3.63, 3.8) is 0 Å². The summed E-state index contributed by atoms with van der Waals surface area (Å²) < 4.78 is 13.1. The highest BCUT2D eigenvalue weighted by Crippen LogP contribution is 2.39. The Bertz CT molecular complexity index is 1470. The van der Waals surface area contributed by atoms with E-state index < -0.39 is 12.0 Å². The van der Waals surface area contributed by atoms with Gasteiger partial charge in [0.25, 0.3) is 5.91 Å². The minimum Gasteiger partial charge on any atom is -0.490 e. The summed E-state index contributed by atoms with van der Waals surface area (Å²) in [4.78, 5) is 34.6. The smallest absolute Gasteiger partial charge is 0.343 e. The maximum Gasteiger partial charge on any atom is 0.343 e. The molecule has 0 fully saturated rings. The fraction of sp³-hybridized carbons (Fsp3) is 0.148. The first-order chi connectivity index (χ1) is 18.0. The van der Waals surface area contributed by atoms with Gasteiger partial charge in [-0.05, 0) is 55.8 Å². The summed E-state index contributed by atoms with van der Waals surface area (Å²) in [6, 6.07) is 18.5. The largest absolute Gasteiger partial charge is 0.490 e. The molecule has 5 rings (SSSR count). The van der Waals surface area contributed by atoms with Crippen molar-refractivity contribution in [1.29, 1.82) is 0 Å². The summed E-state index contributed by atoms with van der Waals surface area (Å²) in [7, 11) is 0. The number of aromatic nitrogens is 4. The summed E-state index contributed by atoms with van der Waals surface area (Å²) >= 11 is 0. The number of hydrogen-bond donors (Lipinski definition) is 2. The SMILES string of the molecule is CCOc1cc([C@H]2C(C(=O)Nc3ccccn3)=C(C)Nc3ncnn32)ccc1OC(=O)c1ccccc1. The molecule has 186 valence electrons. The number of benzene rings is 2. The number of fused-ring (bicyclic) bond motifs is 1. The minimum atomic E-state index is -0.624. The van der Waals surface area contributed by atoms with Crippen LogP contribution in [0.25, 0.3) is 0 Å². The van der Waals surface area contributed by atoms with Crippen molar-refractivity contribution < 1.29 is 19.1 Å². The summed E-state index contributed by atoms with van der Waals surface area (Å²) in [5, 5.41) is 10.4. The molecule has 2 aromatic carbocycles. The zero-order valence-corrected chi connectivity index (χ0v) is 20.2. The Hall–Kier alpha value is -4.99. The van der Waals surface area contributed by atoms with E-state index in [-0.39, 0.29) is 11.7 Å². The first-order valence-corrected chi connectivity index (χ1v) is 11.7. The predicted molar refractivity (Wildman–Crippen MR) is 136 cm³/mol. The van der Waals surface area contributed by atoms with Gasteiger partial charge in [0.1, 0.15) is 18.2 Å². The zero-order chi connectivity index (χ0) is 25.8. The molecule has 2 aromatic heterocycles. The lowest BCUT2D eigenvalue weighted by Gasteiger charge is -2.29. The molecule has 1 atom stereocenters. The number of allylic oxidation sites excluding steroid dienone is 1. The van der Waals surface area contributed by atoms with E-state index in [0.717, 1.165) is 0 Å².